The molecule has 7 heteroatoms. The summed E-state index contributed by atoms with van der Waals surface area (Å²) in [4.78, 5) is 9.37. The smallest absolute Gasteiger partial charge is 0.263 e. The summed E-state index contributed by atoms with van der Waals surface area (Å²) in [5, 5.41) is 10.2. The summed E-state index contributed by atoms with van der Waals surface area (Å²) < 4.78 is 24.2. The van der Waals surface area contributed by atoms with E-state index >= 15 is 0 Å². The molecule has 1 aliphatic rings. The SMILES string of the molecule is CC1CCCCN1S(=O)(=O)C[N+](=O)[O-]. The van der Waals surface area contributed by atoms with Crippen molar-refractivity contribution in [2.45, 2.75) is 32.2 Å². The van der Waals surface area contributed by atoms with Gasteiger partial charge in [-0.05, 0) is 19.8 Å². The van der Waals surface area contributed by atoms with Gasteiger partial charge < -0.3 is 0 Å². The molecule has 6 nitrogen and oxygen atoms in total. The zero-order chi connectivity index (χ0) is 10.8. The van der Waals surface area contributed by atoms with Gasteiger partial charge in [0.15, 0.2) is 0 Å². The highest BCUT2D eigenvalue weighted by molar-refractivity contribution is 7.88. The van der Waals surface area contributed by atoms with Crippen molar-refractivity contribution in [2.24, 2.45) is 0 Å². The molecule has 1 fully saturated rings. The van der Waals surface area contributed by atoms with Gasteiger partial charge >= 0.3 is 5.88 Å². The Kier molecular flexibility index (Phi) is 3.43. The number of hydrogen-bond acceptors (Lipinski definition) is 4. The maximum Gasteiger partial charge on any atom is 0.315 e. The molecule has 0 amide bonds. The van der Waals surface area contributed by atoms with Crippen LogP contribution in [0.25, 0.3) is 0 Å². The largest absolute Gasteiger partial charge is 0.315 e. The summed E-state index contributed by atoms with van der Waals surface area (Å²) in [6, 6.07) is -0.103. The zero-order valence-electron chi connectivity index (χ0n) is 8.05. The summed E-state index contributed by atoms with van der Waals surface area (Å²) in [7, 11) is -3.70. The van der Waals surface area contributed by atoms with Crippen LogP contribution in [-0.2, 0) is 10.0 Å². The third-order valence-electron chi connectivity index (χ3n) is 2.37. The number of nitrogens with zero attached hydrogens (tertiary/aromatic N) is 2. The Morgan fingerprint density at radius 2 is 2.14 bits per heavy atom. The van der Waals surface area contributed by atoms with Crippen molar-refractivity contribution in [1.29, 1.82) is 0 Å². The molecule has 1 unspecified atom stereocenters. The van der Waals surface area contributed by atoms with Crippen LogP contribution in [0.3, 0.4) is 0 Å². The molecule has 1 atom stereocenters. The molecule has 0 spiro atoms. The Balaban J connectivity index is 2.75. The lowest BCUT2D eigenvalue weighted by Gasteiger charge is -2.30. The molecule has 1 saturated heterocycles. The minimum Gasteiger partial charge on any atom is -0.263 e. The topological polar surface area (TPSA) is 80.5 Å². The van der Waals surface area contributed by atoms with Gasteiger partial charge in [-0.2, -0.15) is 4.31 Å². The molecule has 0 saturated carbocycles. The zero-order valence-corrected chi connectivity index (χ0v) is 8.87. The Bertz CT molecular complexity index is 314. The fourth-order valence-corrected chi connectivity index (χ4v) is 3.17. The van der Waals surface area contributed by atoms with Crippen LogP contribution in [0.2, 0.25) is 0 Å². The predicted molar refractivity (Wildman–Crippen MR) is 50.8 cm³/mol. The van der Waals surface area contributed by atoms with Gasteiger partial charge in [0.2, 0.25) is 0 Å². The first-order valence-electron chi connectivity index (χ1n) is 4.55. The lowest BCUT2D eigenvalue weighted by Crippen LogP contribution is -2.44. The lowest BCUT2D eigenvalue weighted by molar-refractivity contribution is -0.459. The van der Waals surface area contributed by atoms with E-state index in [0.29, 0.717) is 6.54 Å². The second kappa shape index (κ2) is 4.22. The van der Waals surface area contributed by atoms with Crippen LogP contribution in [-0.4, -0.2) is 36.1 Å². The van der Waals surface area contributed by atoms with Gasteiger partial charge in [0.1, 0.15) is 0 Å². The van der Waals surface area contributed by atoms with Gasteiger partial charge in [-0.15, -0.1) is 0 Å². The van der Waals surface area contributed by atoms with E-state index in [9.17, 15) is 18.5 Å². The Hall–Kier alpha value is -0.690. The summed E-state index contributed by atoms with van der Waals surface area (Å²) >= 11 is 0. The number of piperidine rings is 1. The Morgan fingerprint density at radius 1 is 1.50 bits per heavy atom. The summed E-state index contributed by atoms with van der Waals surface area (Å²) in [5.41, 5.74) is 0. The molecule has 82 valence electrons. The fraction of sp³-hybridized carbons (Fsp3) is 1.00. The van der Waals surface area contributed by atoms with Crippen molar-refractivity contribution < 1.29 is 13.3 Å². The van der Waals surface area contributed by atoms with Crippen LogP contribution < -0.4 is 0 Å². The molecule has 0 N–H and O–H groups in total. The quantitative estimate of drug-likeness (QED) is 0.512. The van der Waals surface area contributed by atoms with Crippen molar-refractivity contribution in [3.8, 4) is 0 Å². The first kappa shape index (κ1) is 11.4. The number of hydrogen-bond donors (Lipinski definition) is 0. The Morgan fingerprint density at radius 3 is 2.64 bits per heavy atom. The minimum atomic E-state index is -3.70. The van der Waals surface area contributed by atoms with E-state index in [0.717, 1.165) is 19.3 Å². The van der Waals surface area contributed by atoms with Crippen LogP contribution in [0, 0.1) is 10.1 Å². The van der Waals surface area contributed by atoms with Crippen molar-refractivity contribution >= 4 is 10.0 Å². The molecule has 1 rings (SSSR count). The third-order valence-corrected chi connectivity index (χ3v) is 4.16. The highest BCUT2D eigenvalue weighted by Gasteiger charge is 2.32. The maximum atomic E-state index is 11.5. The molecule has 0 bridgehead atoms. The van der Waals surface area contributed by atoms with E-state index in [2.05, 4.69) is 0 Å². The maximum absolute atomic E-state index is 11.5. The van der Waals surface area contributed by atoms with Crippen LogP contribution in [0.4, 0.5) is 0 Å². The minimum absolute atomic E-state index is 0.103. The second-order valence-corrected chi connectivity index (χ2v) is 5.42. The molecule has 1 heterocycles. The average Bonchev–Trinajstić information content (AvgIpc) is 2.02. The first-order chi connectivity index (χ1) is 6.43. The van der Waals surface area contributed by atoms with Gasteiger partial charge in [-0.1, -0.05) is 6.42 Å². The highest BCUT2D eigenvalue weighted by atomic mass is 32.2. The number of sulfonamides is 1. The van der Waals surface area contributed by atoms with Crippen molar-refractivity contribution in [3.63, 3.8) is 0 Å². The second-order valence-electron chi connectivity index (χ2n) is 3.53. The van der Waals surface area contributed by atoms with Gasteiger partial charge in [0.05, 0.1) is 0 Å². The van der Waals surface area contributed by atoms with E-state index in [1.807, 2.05) is 0 Å². The van der Waals surface area contributed by atoms with Crippen LogP contribution >= 0.6 is 0 Å². The first-order valence-corrected chi connectivity index (χ1v) is 6.16. The predicted octanol–water partition coefficient (Wildman–Crippen LogP) is 0.425. The van der Waals surface area contributed by atoms with Gasteiger partial charge in [0.25, 0.3) is 10.0 Å². The number of nitro groups is 1. The van der Waals surface area contributed by atoms with E-state index in [1.54, 1.807) is 6.92 Å². The van der Waals surface area contributed by atoms with E-state index < -0.39 is 20.8 Å². The highest BCUT2D eigenvalue weighted by Crippen LogP contribution is 2.19. The van der Waals surface area contributed by atoms with E-state index in [1.165, 1.54) is 4.31 Å². The van der Waals surface area contributed by atoms with Gasteiger partial charge in [-0.3, -0.25) is 10.1 Å². The monoisotopic (exact) mass is 222 g/mol. The van der Waals surface area contributed by atoms with Crippen molar-refractivity contribution in [1.82, 2.24) is 4.31 Å². The van der Waals surface area contributed by atoms with Crippen LogP contribution in [0.1, 0.15) is 26.2 Å². The average molecular weight is 222 g/mol. The molecule has 14 heavy (non-hydrogen) atoms. The van der Waals surface area contributed by atoms with Crippen LogP contribution in [0.15, 0.2) is 0 Å². The van der Waals surface area contributed by atoms with Gasteiger partial charge in [-0.25, -0.2) is 8.42 Å². The van der Waals surface area contributed by atoms with Crippen molar-refractivity contribution in [3.05, 3.63) is 10.1 Å². The summed E-state index contributed by atoms with van der Waals surface area (Å²) in [5.74, 6) is -0.989. The summed E-state index contributed by atoms with van der Waals surface area (Å²) in [6.07, 6.45) is 2.57. The normalized spacial score (nSPS) is 24.8. The molecule has 0 aromatic rings. The molecule has 1 aliphatic heterocycles. The van der Waals surface area contributed by atoms with Gasteiger partial charge in [0, 0.05) is 17.5 Å². The Labute approximate surface area is 83.1 Å². The standard InChI is InChI=1S/C7H14N2O4S/c1-7-4-2-3-5-8(7)14(12,13)6-9(10)11/h7H,2-6H2,1H3. The molecule has 0 aromatic heterocycles. The number of rotatable bonds is 3. The molecule has 0 radical (unpaired) electrons. The van der Waals surface area contributed by atoms with E-state index in [4.69, 9.17) is 0 Å². The molecular weight excluding hydrogens is 208 g/mol. The van der Waals surface area contributed by atoms with Crippen molar-refractivity contribution in [2.75, 3.05) is 12.4 Å². The fourth-order valence-electron chi connectivity index (χ4n) is 1.69. The van der Waals surface area contributed by atoms with E-state index in [-0.39, 0.29) is 6.04 Å². The van der Waals surface area contributed by atoms with Crippen LogP contribution in [0.5, 0.6) is 0 Å². The lowest BCUT2D eigenvalue weighted by atomic mass is 10.1. The molecule has 0 aromatic carbocycles. The summed E-state index contributed by atoms with van der Waals surface area (Å²) in [6.45, 7) is 2.20. The molecule has 0 aliphatic carbocycles. The third kappa shape index (κ3) is 2.65. The molecular formula is C7H14N2O4S.